The van der Waals surface area contributed by atoms with Crippen molar-refractivity contribution in [2.24, 2.45) is 5.73 Å². The molecule has 0 saturated heterocycles. The average Bonchev–Trinajstić information content (AvgIpc) is 2.37. The Morgan fingerprint density at radius 1 is 1.15 bits per heavy atom. The van der Waals surface area contributed by atoms with Crippen LogP contribution in [0.3, 0.4) is 0 Å². The lowest BCUT2D eigenvalue weighted by molar-refractivity contribution is 0.241. The monoisotopic (exact) mass is 310 g/mol. The number of pyridine rings is 1. The van der Waals surface area contributed by atoms with Gasteiger partial charge in [-0.25, -0.2) is 0 Å². The molecular formula is C15H16Cl2N2O. The maximum Gasteiger partial charge on any atom is 0.138 e. The molecule has 2 aromatic rings. The molecule has 1 heterocycles. The van der Waals surface area contributed by atoms with E-state index in [-0.39, 0.29) is 12.1 Å². The minimum Gasteiger partial charge on any atom is -0.489 e. The Kier molecular flexibility index (Phi) is 4.86. The lowest BCUT2D eigenvalue weighted by Gasteiger charge is -2.16. The lowest BCUT2D eigenvalue weighted by Crippen LogP contribution is -2.13. The number of hydrogen-bond donors (Lipinski definition) is 1. The number of nitrogens with two attached hydrogens (primary N) is 1. The molecule has 1 atom stereocenters. The molecule has 0 radical (unpaired) electrons. The Balaban J connectivity index is 2.30. The summed E-state index contributed by atoms with van der Waals surface area (Å²) >= 11 is 12.1. The standard InChI is InChI=1S/C15H16Cl2N2O/c1-9(2)20-12-5-10(7-19-8-12)15(18)13-4-3-11(16)6-14(13)17/h3-9,15H,18H2,1-2H3. The van der Waals surface area contributed by atoms with Crippen LogP contribution in [0.15, 0.2) is 36.7 Å². The van der Waals surface area contributed by atoms with E-state index in [0.717, 1.165) is 11.1 Å². The largest absolute Gasteiger partial charge is 0.489 e. The maximum absolute atomic E-state index is 6.24. The summed E-state index contributed by atoms with van der Waals surface area (Å²) in [6.45, 7) is 3.92. The second-order valence-electron chi connectivity index (χ2n) is 4.76. The molecule has 1 unspecified atom stereocenters. The third-order valence-electron chi connectivity index (χ3n) is 2.76. The van der Waals surface area contributed by atoms with Crippen LogP contribution in [0.4, 0.5) is 0 Å². The van der Waals surface area contributed by atoms with Gasteiger partial charge in [-0.15, -0.1) is 0 Å². The van der Waals surface area contributed by atoms with Gasteiger partial charge in [0, 0.05) is 16.2 Å². The van der Waals surface area contributed by atoms with Crippen molar-refractivity contribution in [1.29, 1.82) is 0 Å². The molecule has 1 aromatic heterocycles. The fourth-order valence-electron chi connectivity index (χ4n) is 1.88. The van der Waals surface area contributed by atoms with Gasteiger partial charge in [0.25, 0.3) is 0 Å². The molecule has 3 nitrogen and oxygen atoms in total. The van der Waals surface area contributed by atoms with Gasteiger partial charge in [-0.05, 0) is 43.2 Å². The van der Waals surface area contributed by atoms with Gasteiger partial charge in [-0.2, -0.15) is 0 Å². The predicted molar refractivity (Wildman–Crippen MR) is 82.5 cm³/mol. The Labute approximate surface area is 128 Å². The van der Waals surface area contributed by atoms with Crippen molar-refractivity contribution in [1.82, 2.24) is 4.98 Å². The van der Waals surface area contributed by atoms with Gasteiger partial charge < -0.3 is 10.5 Å². The highest BCUT2D eigenvalue weighted by Crippen LogP contribution is 2.29. The zero-order valence-electron chi connectivity index (χ0n) is 11.3. The molecule has 0 fully saturated rings. The highest BCUT2D eigenvalue weighted by molar-refractivity contribution is 6.35. The van der Waals surface area contributed by atoms with Crippen molar-refractivity contribution >= 4 is 23.2 Å². The van der Waals surface area contributed by atoms with Crippen LogP contribution in [0.2, 0.25) is 10.0 Å². The zero-order valence-corrected chi connectivity index (χ0v) is 12.8. The van der Waals surface area contributed by atoms with Crippen molar-refractivity contribution in [2.75, 3.05) is 0 Å². The van der Waals surface area contributed by atoms with Crippen LogP contribution in [0.5, 0.6) is 5.75 Å². The molecule has 0 aliphatic rings. The van der Waals surface area contributed by atoms with E-state index in [1.807, 2.05) is 26.0 Å². The van der Waals surface area contributed by atoms with E-state index in [1.54, 1.807) is 24.5 Å². The summed E-state index contributed by atoms with van der Waals surface area (Å²) in [5.74, 6) is 0.693. The first kappa shape index (κ1) is 15.1. The first-order valence-corrected chi connectivity index (χ1v) is 7.05. The molecule has 106 valence electrons. The van der Waals surface area contributed by atoms with E-state index in [2.05, 4.69) is 4.98 Å². The van der Waals surface area contributed by atoms with Crippen LogP contribution in [-0.2, 0) is 0 Å². The first-order valence-electron chi connectivity index (χ1n) is 6.29. The van der Waals surface area contributed by atoms with Crippen molar-refractivity contribution in [2.45, 2.75) is 26.0 Å². The first-order chi connectivity index (χ1) is 9.47. The summed E-state index contributed by atoms with van der Waals surface area (Å²) in [6, 6.07) is 6.78. The van der Waals surface area contributed by atoms with Crippen LogP contribution < -0.4 is 10.5 Å². The Bertz CT molecular complexity index is 602. The van der Waals surface area contributed by atoms with Gasteiger partial charge in [-0.3, -0.25) is 4.98 Å². The third kappa shape index (κ3) is 3.63. The number of rotatable bonds is 4. The molecule has 20 heavy (non-hydrogen) atoms. The second-order valence-corrected chi connectivity index (χ2v) is 5.61. The van der Waals surface area contributed by atoms with Gasteiger partial charge in [0.2, 0.25) is 0 Å². The molecule has 0 aliphatic carbocycles. The van der Waals surface area contributed by atoms with E-state index < -0.39 is 0 Å². The Morgan fingerprint density at radius 3 is 2.55 bits per heavy atom. The summed E-state index contributed by atoms with van der Waals surface area (Å²) in [5.41, 5.74) is 7.89. The molecular weight excluding hydrogens is 295 g/mol. The Hall–Kier alpha value is -1.29. The topological polar surface area (TPSA) is 48.1 Å². The summed E-state index contributed by atoms with van der Waals surface area (Å²) in [5, 5.41) is 1.13. The van der Waals surface area contributed by atoms with E-state index >= 15 is 0 Å². The molecule has 2 N–H and O–H groups in total. The predicted octanol–water partition coefficient (Wildman–Crippen LogP) is 4.22. The molecule has 2 rings (SSSR count). The van der Waals surface area contributed by atoms with E-state index in [4.69, 9.17) is 33.7 Å². The SMILES string of the molecule is CC(C)Oc1cncc(C(N)c2ccc(Cl)cc2Cl)c1. The van der Waals surface area contributed by atoms with Gasteiger partial charge in [0.15, 0.2) is 0 Å². The molecule has 0 bridgehead atoms. The number of ether oxygens (including phenoxy) is 1. The zero-order chi connectivity index (χ0) is 14.7. The maximum atomic E-state index is 6.24. The van der Waals surface area contributed by atoms with Crippen LogP contribution in [0, 0.1) is 0 Å². The summed E-state index contributed by atoms with van der Waals surface area (Å²) in [7, 11) is 0. The van der Waals surface area contributed by atoms with Crippen LogP contribution >= 0.6 is 23.2 Å². The van der Waals surface area contributed by atoms with Crippen LogP contribution in [0.1, 0.15) is 31.0 Å². The molecule has 1 aromatic carbocycles. The summed E-state index contributed by atoms with van der Waals surface area (Å²) in [4.78, 5) is 4.16. The van der Waals surface area contributed by atoms with E-state index in [0.29, 0.717) is 15.8 Å². The van der Waals surface area contributed by atoms with Crippen LogP contribution in [-0.4, -0.2) is 11.1 Å². The third-order valence-corrected chi connectivity index (χ3v) is 3.33. The highest BCUT2D eigenvalue weighted by atomic mass is 35.5. The normalized spacial score (nSPS) is 12.5. The summed E-state index contributed by atoms with van der Waals surface area (Å²) in [6.07, 6.45) is 3.46. The lowest BCUT2D eigenvalue weighted by atomic mass is 10.0. The van der Waals surface area contributed by atoms with E-state index in [1.165, 1.54) is 0 Å². The van der Waals surface area contributed by atoms with Gasteiger partial charge in [0.1, 0.15) is 5.75 Å². The minimum atomic E-state index is -0.372. The molecule has 0 amide bonds. The minimum absolute atomic E-state index is 0.0856. The Morgan fingerprint density at radius 2 is 1.90 bits per heavy atom. The van der Waals surface area contributed by atoms with Gasteiger partial charge in [-0.1, -0.05) is 29.3 Å². The highest BCUT2D eigenvalue weighted by Gasteiger charge is 2.14. The number of hydrogen-bond acceptors (Lipinski definition) is 3. The molecule has 5 heteroatoms. The van der Waals surface area contributed by atoms with Crippen molar-refractivity contribution < 1.29 is 4.74 Å². The smallest absolute Gasteiger partial charge is 0.138 e. The quantitative estimate of drug-likeness (QED) is 0.919. The number of halogens is 2. The fourth-order valence-corrected chi connectivity index (χ4v) is 2.40. The number of nitrogens with zero attached hydrogens (tertiary/aromatic N) is 1. The van der Waals surface area contributed by atoms with Crippen molar-refractivity contribution in [3.05, 3.63) is 57.8 Å². The molecule has 0 aliphatic heterocycles. The van der Waals surface area contributed by atoms with Gasteiger partial charge in [0.05, 0.1) is 18.3 Å². The van der Waals surface area contributed by atoms with Crippen LogP contribution in [0.25, 0.3) is 0 Å². The second kappa shape index (κ2) is 6.44. The fraction of sp³-hybridized carbons (Fsp3) is 0.267. The van der Waals surface area contributed by atoms with E-state index in [9.17, 15) is 0 Å². The number of aromatic nitrogens is 1. The van der Waals surface area contributed by atoms with Crippen molar-refractivity contribution in [3.8, 4) is 5.75 Å². The van der Waals surface area contributed by atoms with Gasteiger partial charge >= 0.3 is 0 Å². The molecule has 0 saturated carbocycles. The summed E-state index contributed by atoms with van der Waals surface area (Å²) < 4.78 is 5.62. The number of benzene rings is 1. The molecule has 0 spiro atoms. The van der Waals surface area contributed by atoms with Crippen molar-refractivity contribution in [3.63, 3.8) is 0 Å². The average molecular weight is 311 g/mol.